The molecule has 29 heavy (non-hydrogen) atoms. The number of benzene rings is 2. The molecule has 150 valence electrons. The molecule has 0 aromatic heterocycles. The molecule has 0 spiro atoms. The van der Waals surface area contributed by atoms with Crippen molar-refractivity contribution in [2.75, 3.05) is 11.9 Å². The molecule has 2 aliphatic heterocycles. The van der Waals surface area contributed by atoms with Crippen LogP contribution in [0.15, 0.2) is 54.2 Å². The molecule has 0 aliphatic carbocycles. The van der Waals surface area contributed by atoms with Crippen LogP contribution in [-0.4, -0.2) is 29.4 Å². The maximum absolute atomic E-state index is 12.8. The van der Waals surface area contributed by atoms with Crippen LogP contribution < -0.4 is 10.2 Å². The predicted molar refractivity (Wildman–Crippen MR) is 115 cm³/mol. The van der Waals surface area contributed by atoms with Crippen LogP contribution in [0.3, 0.4) is 0 Å². The third-order valence-corrected chi connectivity index (χ3v) is 6.11. The molecule has 1 unspecified atom stereocenters. The lowest BCUT2D eigenvalue weighted by Crippen LogP contribution is -2.45. The number of carbonyl (C=O) groups is 2. The maximum atomic E-state index is 12.8. The van der Waals surface area contributed by atoms with E-state index in [1.165, 1.54) is 16.2 Å². The summed E-state index contributed by atoms with van der Waals surface area (Å²) in [6.07, 6.45) is 2.84. The van der Waals surface area contributed by atoms with Gasteiger partial charge in [0.1, 0.15) is 5.70 Å². The van der Waals surface area contributed by atoms with E-state index in [1.807, 2.05) is 36.4 Å². The van der Waals surface area contributed by atoms with Crippen LogP contribution in [0, 0.1) is 0 Å². The van der Waals surface area contributed by atoms with Crippen LogP contribution in [0.2, 0.25) is 0 Å². The standard InChI is InChI=1S/C24H27N3O2/c1-16-14-24(2,3)26(4)21-11-10-18(12-19(16)21)13-20-22(28)27(23(29)25-20)15-17-8-6-5-7-9-17/h5-13,16H,14-15H2,1-4H3,(H,25,29)/b20-13+. The normalized spacial score (nSPS) is 22.1. The number of nitrogens with one attached hydrogen (secondary N) is 1. The lowest BCUT2D eigenvalue weighted by atomic mass is 9.80. The zero-order valence-electron chi connectivity index (χ0n) is 17.4. The summed E-state index contributed by atoms with van der Waals surface area (Å²) in [6.45, 7) is 7.03. The van der Waals surface area contributed by atoms with E-state index in [1.54, 1.807) is 6.08 Å². The van der Waals surface area contributed by atoms with E-state index in [0.29, 0.717) is 11.6 Å². The van der Waals surface area contributed by atoms with Gasteiger partial charge in [0.25, 0.3) is 5.91 Å². The van der Waals surface area contributed by atoms with Crippen LogP contribution in [-0.2, 0) is 11.3 Å². The van der Waals surface area contributed by atoms with Crippen molar-refractivity contribution in [3.63, 3.8) is 0 Å². The van der Waals surface area contributed by atoms with Gasteiger partial charge in [0.15, 0.2) is 0 Å². The van der Waals surface area contributed by atoms with Crippen molar-refractivity contribution in [3.8, 4) is 0 Å². The minimum Gasteiger partial charge on any atom is -0.369 e. The molecule has 2 heterocycles. The number of imide groups is 1. The SMILES string of the molecule is CC1CC(C)(C)N(C)c2ccc(/C=C3/NC(=O)N(Cc4ccccc4)C3=O)cc21. The Morgan fingerprint density at radius 2 is 1.86 bits per heavy atom. The smallest absolute Gasteiger partial charge is 0.329 e. The number of carbonyl (C=O) groups excluding carboxylic acids is 2. The first-order valence-electron chi connectivity index (χ1n) is 10.0. The predicted octanol–water partition coefficient (Wildman–Crippen LogP) is 4.50. The molecule has 1 fully saturated rings. The largest absolute Gasteiger partial charge is 0.369 e. The fraction of sp³-hybridized carbons (Fsp3) is 0.333. The molecule has 0 saturated carbocycles. The molecule has 0 bridgehead atoms. The zero-order chi connectivity index (χ0) is 20.8. The average Bonchev–Trinajstić information content (AvgIpc) is 2.94. The molecule has 0 radical (unpaired) electrons. The second kappa shape index (κ2) is 7.07. The van der Waals surface area contributed by atoms with Crippen LogP contribution >= 0.6 is 0 Å². The second-order valence-corrected chi connectivity index (χ2v) is 8.66. The van der Waals surface area contributed by atoms with Crippen LogP contribution in [0.4, 0.5) is 10.5 Å². The number of hydrogen-bond donors (Lipinski definition) is 1. The Kier molecular flexibility index (Phi) is 4.69. The van der Waals surface area contributed by atoms with Crippen molar-refractivity contribution in [2.24, 2.45) is 0 Å². The molecule has 1 saturated heterocycles. The van der Waals surface area contributed by atoms with Gasteiger partial charge in [0, 0.05) is 18.3 Å². The molecule has 3 amide bonds. The van der Waals surface area contributed by atoms with Gasteiger partial charge < -0.3 is 10.2 Å². The summed E-state index contributed by atoms with van der Waals surface area (Å²) < 4.78 is 0. The Balaban J connectivity index is 1.60. The summed E-state index contributed by atoms with van der Waals surface area (Å²) >= 11 is 0. The first kappa shape index (κ1) is 19.2. The van der Waals surface area contributed by atoms with Gasteiger partial charge in [-0.3, -0.25) is 9.69 Å². The van der Waals surface area contributed by atoms with Gasteiger partial charge in [-0.15, -0.1) is 0 Å². The van der Waals surface area contributed by atoms with Gasteiger partial charge in [-0.2, -0.15) is 0 Å². The summed E-state index contributed by atoms with van der Waals surface area (Å²) in [4.78, 5) is 28.7. The minimum absolute atomic E-state index is 0.111. The fourth-order valence-electron chi connectivity index (χ4n) is 4.33. The number of rotatable bonds is 3. The summed E-state index contributed by atoms with van der Waals surface area (Å²) in [5.41, 5.74) is 4.78. The third kappa shape index (κ3) is 3.53. The Bertz CT molecular complexity index is 994. The van der Waals surface area contributed by atoms with Crippen molar-refractivity contribution >= 4 is 23.7 Å². The topological polar surface area (TPSA) is 52.7 Å². The van der Waals surface area contributed by atoms with Gasteiger partial charge in [-0.1, -0.05) is 43.3 Å². The van der Waals surface area contributed by atoms with Gasteiger partial charge in [-0.05, 0) is 61.1 Å². The van der Waals surface area contributed by atoms with E-state index in [4.69, 9.17) is 0 Å². The lowest BCUT2D eigenvalue weighted by molar-refractivity contribution is -0.123. The molecule has 1 N–H and O–H groups in total. The summed E-state index contributed by atoms with van der Waals surface area (Å²) in [6, 6.07) is 15.4. The zero-order valence-corrected chi connectivity index (χ0v) is 17.4. The van der Waals surface area contributed by atoms with E-state index < -0.39 is 0 Å². The Labute approximate surface area is 172 Å². The first-order valence-corrected chi connectivity index (χ1v) is 10.0. The monoisotopic (exact) mass is 389 g/mol. The molecule has 2 aliphatic rings. The Morgan fingerprint density at radius 1 is 1.14 bits per heavy atom. The van der Waals surface area contributed by atoms with E-state index >= 15 is 0 Å². The van der Waals surface area contributed by atoms with Gasteiger partial charge in [0.2, 0.25) is 0 Å². The molecule has 5 heteroatoms. The van der Waals surface area contributed by atoms with Crippen LogP contribution in [0.1, 0.15) is 49.8 Å². The van der Waals surface area contributed by atoms with Crippen molar-refractivity contribution in [1.29, 1.82) is 0 Å². The second-order valence-electron chi connectivity index (χ2n) is 8.66. The van der Waals surface area contributed by atoms with Crippen molar-refractivity contribution in [1.82, 2.24) is 10.2 Å². The van der Waals surface area contributed by atoms with Gasteiger partial charge >= 0.3 is 6.03 Å². The molecule has 2 aromatic carbocycles. The quantitative estimate of drug-likeness (QED) is 0.621. The highest BCUT2D eigenvalue weighted by Gasteiger charge is 2.35. The average molecular weight is 389 g/mol. The summed E-state index contributed by atoms with van der Waals surface area (Å²) in [5, 5.41) is 2.72. The molecule has 1 atom stereocenters. The number of anilines is 1. The highest BCUT2D eigenvalue weighted by Crippen LogP contribution is 2.42. The fourth-order valence-corrected chi connectivity index (χ4v) is 4.33. The molecule has 4 rings (SSSR count). The lowest BCUT2D eigenvalue weighted by Gasteiger charge is -2.45. The number of urea groups is 1. The van der Waals surface area contributed by atoms with E-state index in [2.05, 4.69) is 50.2 Å². The summed E-state index contributed by atoms with van der Waals surface area (Å²) in [7, 11) is 2.13. The molecular formula is C24H27N3O2. The maximum Gasteiger partial charge on any atom is 0.329 e. The van der Waals surface area contributed by atoms with E-state index in [-0.39, 0.29) is 24.0 Å². The third-order valence-electron chi connectivity index (χ3n) is 6.11. The van der Waals surface area contributed by atoms with Crippen molar-refractivity contribution < 1.29 is 9.59 Å². The highest BCUT2D eigenvalue weighted by molar-refractivity contribution is 6.13. The van der Waals surface area contributed by atoms with Crippen LogP contribution in [0.5, 0.6) is 0 Å². The molecule has 2 aromatic rings. The number of nitrogens with zero attached hydrogens (tertiary/aromatic N) is 2. The van der Waals surface area contributed by atoms with Crippen LogP contribution in [0.25, 0.3) is 6.08 Å². The minimum atomic E-state index is -0.377. The van der Waals surface area contributed by atoms with E-state index in [0.717, 1.165) is 17.5 Å². The number of hydrogen-bond acceptors (Lipinski definition) is 3. The van der Waals surface area contributed by atoms with Crippen molar-refractivity contribution in [3.05, 3.63) is 70.9 Å². The first-order chi connectivity index (χ1) is 13.8. The number of fused-ring (bicyclic) bond motifs is 1. The van der Waals surface area contributed by atoms with Crippen molar-refractivity contribution in [2.45, 2.75) is 45.2 Å². The van der Waals surface area contributed by atoms with E-state index in [9.17, 15) is 9.59 Å². The highest BCUT2D eigenvalue weighted by atomic mass is 16.2. The Morgan fingerprint density at radius 3 is 2.59 bits per heavy atom. The molecular weight excluding hydrogens is 362 g/mol. The molecule has 5 nitrogen and oxygen atoms in total. The Hall–Kier alpha value is -3.08. The number of amides is 3. The van der Waals surface area contributed by atoms with Gasteiger partial charge in [0.05, 0.1) is 6.54 Å². The van der Waals surface area contributed by atoms with Gasteiger partial charge in [-0.25, -0.2) is 4.79 Å². The summed E-state index contributed by atoms with van der Waals surface area (Å²) in [5.74, 6) is 0.140.